The monoisotopic (exact) mass is 294 g/mol. The summed E-state index contributed by atoms with van der Waals surface area (Å²) in [7, 11) is 0. The Morgan fingerprint density at radius 2 is 1.88 bits per heavy atom. The van der Waals surface area contributed by atoms with Crippen LogP contribution in [0.15, 0.2) is 49.1 Å². The van der Waals surface area contributed by atoms with Gasteiger partial charge in [0.25, 0.3) is 0 Å². The summed E-state index contributed by atoms with van der Waals surface area (Å²) >= 11 is 0. The number of hydrogen-bond acceptors (Lipinski definition) is 0. The van der Waals surface area contributed by atoms with Crippen LogP contribution in [0.2, 0.25) is 0 Å². The van der Waals surface area contributed by atoms with Crippen LogP contribution >= 0.6 is 0 Å². The molecule has 0 saturated carbocycles. The maximum absolute atomic E-state index is 2.25. The van der Waals surface area contributed by atoms with Crippen molar-refractivity contribution in [2.24, 2.45) is 0 Å². The molecular weight excluding hydrogens is 276 g/mol. The number of rotatable bonds is 5. The molecule has 0 fully saturated rings. The summed E-state index contributed by atoms with van der Waals surface area (Å²) in [6.07, 6.45) is 10.3. The normalized spacial score (nSPS) is 9.94. The van der Waals surface area contributed by atoms with E-state index in [0.717, 1.165) is 6.54 Å². The van der Waals surface area contributed by atoms with Gasteiger partial charge in [-0.25, -0.2) is 9.13 Å². The average molecular weight is 295 g/mol. The lowest BCUT2D eigenvalue weighted by Gasteiger charge is -1.95. The van der Waals surface area contributed by atoms with Gasteiger partial charge in [0.05, 0.1) is 6.54 Å². The Hall–Kier alpha value is -1.09. The lowest BCUT2D eigenvalue weighted by Crippen LogP contribution is -3.00. The maximum atomic E-state index is 2.25. The topological polar surface area (TPSA) is 8.81 Å². The molecule has 0 spiro atoms. The average Bonchev–Trinajstić information content (AvgIpc) is 2.79. The number of halogens is 1. The first-order chi connectivity index (χ1) is 7.90. The molecule has 0 N–H and O–H groups in total. The number of benzene rings is 1. The number of para-hydroxylation sites is 1. The lowest BCUT2D eigenvalue weighted by atomic mass is 10.2. The van der Waals surface area contributed by atoms with Gasteiger partial charge in [-0.05, 0) is 25.0 Å². The summed E-state index contributed by atoms with van der Waals surface area (Å²) in [5.74, 6) is 0. The summed E-state index contributed by atoms with van der Waals surface area (Å²) in [6.45, 7) is 3.35. The molecule has 92 valence electrons. The first kappa shape index (κ1) is 14.0. The van der Waals surface area contributed by atoms with Crippen molar-refractivity contribution in [3.63, 3.8) is 0 Å². The predicted molar refractivity (Wildman–Crippen MR) is 65.5 cm³/mol. The van der Waals surface area contributed by atoms with Crippen molar-refractivity contribution in [3.8, 4) is 5.69 Å². The largest absolute Gasteiger partial charge is 1.00 e. The van der Waals surface area contributed by atoms with Crippen LogP contribution in [0.3, 0.4) is 0 Å². The molecule has 1 aromatic carbocycles. The van der Waals surface area contributed by atoms with Gasteiger partial charge in [-0.1, -0.05) is 31.5 Å². The second-order valence-electron chi connectivity index (χ2n) is 4.10. The number of aryl methyl sites for hydroxylation is 1. The number of hydrogen-bond donors (Lipinski definition) is 0. The zero-order chi connectivity index (χ0) is 11.2. The highest BCUT2D eigenvalue weighted by Crippen LogP contribution is 2.04. The van der Waals surface area contributed by atoms with Crippen LogP contribution in [0.1, 0.15) is 26.2 Å². The Kier molecular flexibility index (Phi) is 5.98. The van der Waals surface area contributed by atoms with E-state index in [1.165, 1.54) is 24.9 Å². The van der Waals surface area contributed by atoms with E-state index in [9.17, 15) is 0 Å². The van der Waals surface area contributed by atoms with Gasteiger partial charge >= 0.3 is 0 Å². The summed E-state index contributed by atoms with van der Waals surface area (Å²) < 4.78 is 4.41. The Morgan fingerprint density at radius 1 is 1.12 bits per heavy atom. The molecule has 0 aliphatic rings. The third kappa shape index (κ3) is 4.00. The van der Waals surface area contributed by atoms with E-state index in [1.54, 1.807) is 0 Å². The second-order valence-corrected chi connectivity index (χ2v) is 4.10. The van der Waals surface area contributed by atoms with Gasteiger partial charge < -0.3 is 17.0 Å². The molecule has 17 heavy (non-hydrogen) atoms. The molecule has 0 aliphatic heterocycles. The third-order valence-electron chi connectivity index (χ3n) is 2.77. The van der Waals surface area contributed by atoms with E-state index in [1.807, 2.05) is 6.07 Å². The lowest BCUT2D eigenvalue weighted by molar-refractivity contribution is -0.696. The quantitative estimate of drug-likeness (QED) is 0.541. The van der Waals surface area contributed by atoms with Gasteiger partial charge in [0.15, 0.2) is 0 Å². The molecular formula is C14H19BrN2. The molecule has 0 radical (unpaired) electrons. The van der Waals surface area contributed by atoms with Crippen LogP contribution in [-0.4, -0.2) is 4.57 Å². The van der Waals surface area contributed by atoms with Crippen molar-refractivity contribution >= 4 is 0 Å². The van der Waals surface area contributed by atoms with Crippen LogP contribution in [0.4, 0.5) is 0 Å². The molecule has 0 atom stereocenters. The molecule has 0 aliphatic carbocycles. The fourth-order valence-corrected chi connectivity index (χ4v) is 1.82. The molecule has 0 unspecified atom stereocenters. The van der Waals surface area contributed by atoms with Crippen molar-refractivity contribution in [3.05, 3.63) is 49.1 Å². The van der Waals surface area contributed by atoms with Gasteiger partial charge in [-0.15, -0.1) is 0 Å². The Balaban J connectivity index is 0.00000144. The summed E-state index contributed by atoms with van der Waals surface area (Å²) in [4.78, 5) is 0. The van der Waals surface area contributed by atoms with Gasteiger partial charge in [0.2, 0.25) is 6.33 Å². The maximum Gasteiger partial charge on any atom is 0.248 e. The van der Waals surface area contributed by atoms with E-state index in [-0.39, 0.29) is 17.0 Å². The highest BCUT2D eigenvalue weighted by Gasteiger charge is 2.04. The van der Waals surface area contributed by atoms with Crippen LogP contribution in [0.25, 0.3) is 5.69 Å². The first-order valence-electron chi connectivity index (χ1n) is 6.02. The Morgan fingerprint density at radius 3 is 2.59 bits per heavy atom. The third-order valence-corrected chi connectivity index (χ3v) is 2.77. The fourth-order valence-electron chi connectivity index (χ4n) is 1.82. The van der Waals surface area contributed by atoms with Gasteiger partial charge in [-0.3, -0.25) is 0 Å². The summed E-state index contributed by atoms with van der Waals surface area (Å²) in [6, 6.07) is 10.4. The van der Waals surface area contributed by atoms with Crippen LogP contribution < -0.4 is 21.5 Å². The zero-order valence-electron chi connectivity index (χ0n) is 10.2. The molecule has 3 heteroatoms. The number of imidazole rings is 1. The molecule has 1 heterocycles. The van der Waals surface area contributed by atoms with Gasteiger partial charge in [-0.2, -0.15) is 0 Å². The highest BCUT2D eigenvalue weighted by atomic mass is 79.9. The number of nitrogens with zero attached hydrogens (tertiary/aromatic N) is 2. The summed E-state index contributed by atoms with van der Waals surface area (Å²) in [5.41, 5.74) is 1.22. The van der Waals surface area contributed by atoms with E-state index in [0.29, 0.717) is 0 Å². The van der Waals surface area contributed by atoms with Crippen molar-refractivity contribution < 1.29 is 21.5 Å². The van der Waals surface area contributed by atoms with E-state index >= 15 is 0 Å². The SMILES string of the molecule is CCCCC[n+]1ccn(-c2ccccc2)c1.[Br-]. The standard InChI is InChI=1S/C14H19N2.BrH/c1-2-3-7-10-15-11-12-16(13-15)14-8-5-4-6-9-14;/h4-6,8-9,11-13H,2-3,7,10H2,1H3;1H/q+1;/p-1. The second kappa shape index (κ2) is 7.28. The Bertz CT molecular complexity index is 423. The molecule has 0 saturated heterocycles. The minimum Gasteiger partial charge on any atom is -1.00 e. The summed E-state index contributed by atoms with van der Waals surface area (Å²) in [5, 5.41) is 0. The highest BCUT2D eigenvalue weighted by molar-refractivity contribution is 5.30. The molecule has 2 nitrogen and oxygen atoms in total. The fraction of sp³-hybridized carbons (Fsp3) is 0.357. The minimum atomic E-state index is 0. The number of aromatic nitrogens is 2. The van der Waals surface area contributed by atoms with E-state index < -0.39 is 0 Å². The van der Waals surface area contributed by atoms with Crippen LogP contribution in [-0.2, 0) is 6.54 Å². The van der Waals surface area contributed by atoms with Crippen molar-refractivity contribution in [2.75, 3.05) is 0 Å². The number of unbranched alkanes of at least 4 members (excludes halogenated alkanes) is 2. The Labute approximate surface area is 114 Å². The first-order valence-corrected chi connectivity index (χ1v) is 6.02. The van der Waals surface area contributed by atoms with Gasteiger partial charge in [0, 0.05) is 0 Å². The van der Waals surface area contributed by atoms with Crippen molar-refractivity contribution in [1.82, 2.24) is 4.57 Å². The van der Waals surface area contributed by atoms with Crippen molar-refractivity contribution in [1.29, 1.82) is 0 Å². The molecule has 2 aromatic rings. The van der Waals surface area contributed by atoms with E-state index in [2.05, 4.69) is 59.0 Å². The van der Waals surface area contributed by atoms with Gasteiger partial charge in [0.1, 0.15) is 18.1 Å². The molecule has 0 bridgehead atoms. The smallest absolute Gasteiger partial charge is 0.248 e. The minimum absolute atomic E-state index is 0. The molecule has 0 amide bonds. The predicted octanol–water partition coefficient (Wildman–Crippen LogP) is -0.0410. The van der Waals surface area contributed by atoms with Crippen LogP contribution in [0, 0.1) is 0 Å². The van der Waals surface area contributed by atoms with Crippen LogP contribution in [0.5, 0.6) is 0 Å². The van der Waals surface area contributed by atoms with Crippen molar-refractivity contribution in [2.45, 2.75) is 32.7 Å². The van der Waals surface area contributed by atoms with E-state index in [4.69, 9.17) is 0 Å². The zero-order valence-corrected chi connectivity index (χ0v) is 11.8. The molecule has 1 aromatic heterocycles. The molecule has 2 rings (SSSR count).